The number of anilines is 1. The van der Waals surface area contributed by atoms with Crippen LogP contribution in [0.15, 0.2) is 53.5 Å². The van der Waals surface area contributed by atoms with Crippen LogP contribution in [-0.4, -0.2) is 16.5 Å². The SMILES string of the molecule is CCOc1ccc(NC(=Nc2ccc(F)cc2C)n2sc(C)cc2=N)cc1. The van der Waals surface area contributed by atoms with Gasteiger partial charge in [0.25, 0.3) is 0 Å². The second kappa shape index (κ2) is 8.18. The zero-order chi connectivity index (χ0) is 19.4. The number of ether oxygens (including phenoxy) is 1. The quantitative estimate of drug-likeness (QED) is 0.500. The maximum Gasteiger partial charge on any atom is 0.223 e. The highest BCUT2D eigenvalue weighted by Crippen LogP contribution is 2.21. The summed E-state index contributed by atoms with van der Waals surface area (Å²) in [7, 11) is 0. The standard InChI is InChI=1S/C20H21FN4OS/c1-4-26-17-8-6-16(7-9-17)23-20(25-19(22)12-14(3)27-25)24-18-10-5-15(21)11-13(18)2/h5-12,22H,4H2,1-3H3,(H,23,24). The molecule has 0 spiro atoms. The first-order chi connectivity index (χ1) is 13.0. The van der Waals surface area contributed by atoms with Crippen molar-refractivity contribution in [2.45, 2.75) is 20.8 Å². The molecule has 3 aromatic rings. The Morgan fingerprint density at radius 2 is 1.93 bits per heavy atom. The van der Waals surface area contributed by atoms with Crippen LogP contribution in [-0.2, 0) is 0 Å². The van der Waals surface area contributed by atoms with E-state index in [1.165, 1.54) is 23.7 Å². The van der Waals surface area contributed by atoms with Crippen LogP contribution in [0.1, 0.15) is 17.4 Å². The number of aromatic nitrogens is 1. The molecule has 2 N–H and O–H groups in total. The predicted octanol–water partition coefficient (Wildman–Crippen LogP) is 4.83. The normalized spacial score (nSPS) is 11.5. The molecule has 0 unspecified atom stereocenters. The van der Waals surface area contributed by atoms with Crippen molar-refractivity contribution in [1.29, 1.82) is 5.41 Å². The third kappa shape index (κ3) is 4.62. The van der Waals surface area contributed by atoms with Crippen molar-refractivity contribution in [1.82, 2.24) is 3.96 Å². The Kier molecular flexibility index (Phi) is 5.71. The van der Waals surface area contributed by atoms with Gasteiger partial charge in [0.15, 0.2) is 0 Å². The van der Waals surface area contributed by atoms with Crippen LogP contribution >= 0.6 is 11.5 Å². The molecule has 27 heavy (non-hydrogen) atoms. The van der Waals surface area contributed by atoms with E-state index in [0.29, 0.717) is 23.7 Å². The van der Waals surface area contributed by atoms with Gasteiger partial charge in [0.05, 0.1) is 12.3 Å². The van der Waals surface area contributed by atoms with Gasteiger partial charge in [0, 0.05) is 10.6 Å². The highest BCUT2D eigenvalue weighted by atomic mass is 32.1. The lowest BCUT2D eigenvalue weighted by Crippen LogP contribution is -2.28. The van der Waals surface area contributed by atoms with Crippen LogP contribution in [0.2, 0.25) is 0 Å². The van der Waals surface area contributed by atoms with E-state index in [-0.39, 0.29) is 5.82 Å². The van der Waals surface area contributed by atoms with E-state index in [4.69, 9.17) is 10.1 Å². The lowest BCUT2D eigenvalue weighted by Gasteiger charge is -2.12. The highest BCUT2D eigenvalue weighted by Gasteiger charge is 2.10. The molecule has 0 aliphatic heterocycles. The van der Waals surface area contributed by atoms with Gasteiger partial charge in [-0.3, -0.25) is 5.41 Å². The molecule has 2 aromatic carbocycles. The first kappa shape index (κ1) is 18.8. The molecule has 0 aliphatic carbocycles. The van der Waals surface area contributed by atoms with Gasteiger partial charge in [-0.25, -0.2) is 13.3 Å². The van der Waals surface area contributed by atoms with E-state index in [2.05, 4.69) is 10.3 Å². The van der Waals surface area contributed by atoms with Crippen LogP contribution in [0, 0.1) is 25.1 Å². The summed E-state index contributed by atoms with van der Waals surface area (Å²) in [5.74, 6) is 0.974. The Labute approximate surface area is 161 Å². The fraction of sp³-hybridized carbons (Fsp3) is 0.200. The number of halogens is 1. The van der Waals surface area contributed by atoms with E-state index in [9.17, 15) is 4.39 Å². The van der Waals surface area contributed by atoms with Crippen molar-refractivity contribution in [2.75, 3.05) is 11.9 Å². The number of nitrogens with one attached hydrogen (secondary N) is 2. The largest absolute Gasteiger partial charge is 0.494 e. The number of rotatable bonds is 4. The molecule has 1 heterocycles. The molecule has 3 rings (SSSR count). The molecule has 0 radical (unpaired) electrons. The van der Waals surface area contributed by atoms with Crippen LogP contribution < -0.4 is 15.5 Å². The summed E-state index contributed by atoms with van der Waals surface area (Å²) in [4.78, 5) is 5.66. The molecule has 1 aromatic heterocycles. The lowest BCUT2D eigenvalue weighted by molar-refractivity contribution is 0.340. The molecule has 0 saturated carbocycles. The Morgan fingerprint density at radius 1 is 1.19 bits per heavy atom. The molecule has 5 nitrogen and oxygen atoms in total. The van der Waals surface area contributed by atoms with Gasteiger partial charge in [-0.15, -0.1) is 0 Å². The molecular formula is C20H21FN4OS. The van der Waals surface area contributed by atoms with Crippen LogP contribution in [0.5, 0.6) is 5.75 Å². The van der Waals surface area contributed by atoms with Gasteiger partial charge in [-0.05, 0) is 74.9 Å². The minimum Gasteiger partial charge on any atom is -0.494 e. The van der Waals surface area contributed by atoms with Gasteiger partial charge in [-0.2, -0.15) is 0 Å². The van der Waals surface area contributed by atoms with Gasteiger partial charge >= 0.3 is 0 Å². The summed E-state index contributed by atoms with van der Waals surface area (Å²) in [5.41, 5.74) is 2.51. The molecular weight excluding hydrogens is 363 g/mol. The van der Waals surface area contributed by atoms with E-state index in [1.807, 2.05) is 45.0 Å². The number of hydrogen-bond donors (Lipinski definition) is 2. The Hall–Kier alpha value is -2.93. The number of benzene rings is 2. The van der Waals surface area contributed by atoms with Crippen molar-refractivity contribution in [2.24, 2.45) is 4.99 Å². The number of aliphatic imine (C=N–C) groups is 1. The van der Waals surface area contributed by atoms with Gasteiger partial charge in [0.1, 0.15) is 17.1 Å². The van der Waals surface area contributed by atoms with Gasteiger partial charge in [0.2, 0.25) is 5.96 Å². The topological polar surface area (TPSA) is 62.4 Å². The summed E-state index contributed by atoms with van der Waals surface area (Å²) in [6.45, 7) is 6.29. The Balaban J connectivity index is 2.01. The van der Waals surface area contributed by atoms with E-state index in [0.717, 1.165) is 21.9 Å². The summed E-state index contributed by atoms with van der Waals surface area (Å²) in [6, 6.07) is 13.8. The van der Waals surface area contributed by atoms with Crippen molar-refractivity contribution in [3.8, 4) is 5.75 Å². The highest BCUT2D eigenvalue weighted by molar-refractivity contribution is 7.07. The Morgan fingerprint density at radius 3 is 2.52 bits per heavy atom. The minimum absolute atomic E-state index is 0.298. The average Bonchev–Trinajstić information content (AvgIpc) is 2.96. The van der Waals surface area contributed by atoms with Gasteiger partial charge < -0.3 is 10.1 Å². The van der Waals surface area contributed by atoms with Crippen LogP contribution in [0.25, 0.3) is 0 Å². The molecule has 0 atom stereocenters. The number of nitrogens with zero attached hydrogens (tertiary/aromatic N) is 2. The second-order valence-corrected chi connectivity index (χ2v) is 7.17. The maximum absolute atomic E-state index is 13.4. The summed E-state index contributed by atoms with van der Waals surface area (Å²) in [5, 5.41) is 11.5. The second-order valence-electron chi connectivity index (χ2n) is 5.97. The van der Waals surface area contributed by atoms with Gasteiger partial charge in [-0.1, -0.05) is 11.5 Å². The molecule has 140 valence electrons. The molecule has 0 aliphatic rings. The summed E-state index contributed by atoms with van der Waals surface area (Å²) in [6.07, 6.45) is 0. The smallest absolute Gasteiger partial charge is 0.223 e. The third-order valence-corrected chi connectivity index (χ3v) is 4.75. The summed E-state index contributed by atoms with van der Waals surface area (Å²) >= 11 is 1.42. The van der Waals surface area contributed by atoms with Crippen molar-refractivity contribution in [3.05, 3.63) is 70.3 Å². The molecule has 0 saturated heterocycles. The number of aryl methyl sites for hydroxylation is 2. The fourth-order valence-electron chi connectivity index (χ4n) is 2.54. The maximum atomic E-state index is 13.4. The first-order valence-electron chi connectivity index (χ1n) is 8.56. The zero-order valence-electron chi connectivity index (χ0n) is 15.4. The average molecular weight is 384 g/mol. The van der Waals surface area contributed by atoms with E-state index in [1.54, 1.807) is 16.1 Å². The lowest BCUT2D eigenvalue weighted by atomic mass is 10.2. The number of hydrogen-bond acceptors (Lipinski definition) is 4. The molecule has 0 bridgehead atoms. The third-order valence-electron chi connectivity index (χ3n) is 3.79. The monoisotopic (exact) mass is 384 g/mol. The Bertz CT molecular complexity index is 1020. The minimum atomic E-state index is -0.298. The molecule has 0 fully saturated rings. The van der Waals surface area contributed by atoms with E-state index < -0.39 is 0 Å². The fourth-order valence-corrected chi connectivity index (χ4v) is 3.32. The van der Waals surface area contributed by atoms with E-state index >= 15 is 0 Å². The van der Waals surface area contributed by atoms with Crippen LogP contribution in [0.4, 0.5) is 15.8 Å². The van der Waals surface area contributed by atoms with Crippen molar-refractivity contribution >= 4 is 28.9 Å². The summed E-state index contributed by atoms with van der Waals surface area (Å²) < 4.78 is 20.6. The van der Waals surface area contributed by atoms with Crippen molar-refractivity contribution in [3.63, 3.8) is 0 Å². The first-order valence-corrected chi connectivity index (χ1v) is 9.33. The zero-order valence-corrected chi connectivity index (χ0v) is 16.2. The predicted molar refractivity (Wildman–Crippen MR) is 108 cm³/mol. The van der Waals surface area contributed by atoms with Crippen molar-refractivity contribution < 1.29 is 9.13 Å². The molecule has 0 amide bonds. The van der Waals surface area contributed by atoms with Crippen LogP contribution in [0.3, 0.4) is 0 Å². The molecule has 7 heteroatoms.